The third kappa shape index (κ3) is 11.5. The van der Waals surface area contributed by atoms with E-state index in [1.165, 1.54) is 38.5 Å². The predicted octanol–water partition coefficient (Wildman–Crippen LogP) is 6.43. The summed E-state index contributed by atoms with van der Waals surface area (Å²) >= 11 is 6.96. The van der Waals surface area contributed by atoms with Gasteiger partial charge >= 0.3 is 6.09 Å². The zero-order chi connectivity index (χ0) is 25.9. The third-order valence-corrected chi connectivity index (χ3v) is 7.28. The SMILES string of the molecule is CCN(CCOc1ccc(NC(=S)/N=C(\N)SCC2(C)CCCCCC2)cc1)C(=O)OC(C)(C)C. The summed E-state index contributed by atoms with van der Waals surface area (Å²) in [6.45, 7) is 11.2. The highest BCUT2D eigenvalue weighted by Crippen LogP contribution is 2.37. The van der Waals surface area contributed by atoms with E-state index >= 15 is 0 Å². The van der Waals surface area contributed by atoms with Gasteiger partial charge in [-0.3, -0.25) is 0 Å². The Morgan fingerprint density at radius 3 is 2.40 bits per heavy atom. The summed E-state index contributed by atoms with van der Waals surface area (Å²) in [5.74, 6) is 1.68. The highest BCUT2D eigenvalue weighted by Gasteiger charge is 2.26. The number of benzene rings is 1. The molecule has 1 saturated carbocycles. The summed E-state index contributed by atoms with van der Waals surface area (Å²) in [6, 6.07) is 7.45. The largest absolute Gasteiger partial charge is 0.492 e. The Hall–Kier alpha value is -2.00. The lowest BCUT2D eigenvalue weighted by Gasteiger charge is -2.27. The fourth-order valence-corrected chi connectivity index (χ4v) is 5.09. The van der Waals surface area contributed by atoms with E-state index in [4.69, 9.17) is 27.4 Å². The van der Waals surface area contributed by atoms with Crippen molar-refractivity contribution in [1.82, 2.24) is 4.90 Å². The average molecular weight is 523 g/mol. The van der Waals surface area contributed by atoms with E-state index in [1.807, 2.05) is 52.0 Å². The number of nitrogens with two attached hydrogens (primary N) is 1. The highest BCUT2D eigenvalue weighted by molar-refractivity contribution is 8.13. The Kier molecular flexibility index (Phi) is 11.6. The third-order valence-electron chi connectivity index (χ3n) is 5.86. The van der Waals surface area contributed by atoms with Gasteiger partial charge in [-0.05, 0) is 82.4 Å². The van der Waals surface area contributed by atoms with E-state index in [2.05, 4.69) is 17.2 Å². The molecular formula is C26H42N4O3S2. The molecule has 0 heterocycles. The number of aliphatic imine (C=N–C) groups is 1. The van der Waals surface area contributed by atoms with Crippen molar-refractivity contribution < 1.29 is 14.3 Å². The van der Waals surface area contributed by atoms with Gasteiger partial charge in [0, 0.05) is 18.0 Å². The van der Waals surface area contributed by atoms with Gasteiger partial charge in [0.1, 0.15) is 18.0 Å². The van der Waals surface area contributed by atoms with Crippen LogP contribution in [0.2, 0.25) is 0 Å². The number of hydrogen-bond acceptors (Lipinski definition) is 5. The fraction of sp³-hybridized carbons (Fsp3) is 0.654. The highest BCUT2D eigenvalue weighted by atomic mass is 32.2. The molecule has 1 aliphatic carbocycles. The van der Waals surface area contributed by atoms with Gasteiger partial charge < -0.3 is 25.4 Å². The number of carbonyl (C=O) groups excluding carboxylic acids is 1. The monoisotopic (exact) mass is 522 g/mol. The van der Waals surface area contributed by atoms with E-state index in [0.29, 0.717) is 41.1 Å². The van der Waals surface area contributed by atoms with Gasteiger partial charge in [-0.1, -0.05) is 44.4 Å². The normalized spacial score (nSPS) is 16.2. The maximum atomic E-state index is 12.2. The van der Waals surface area contributed by atoms with E-state index in [-0.39, 0.29) is 6.09 Å². The van der Waals surface area contributed by atoms with Crippen molar-refractivity contribution in [2.75, 3.05) is 30.8 Å². The van der Waals surface area contributed by atoms with Crippen LogP contribution in [0.5, 0.6) is 5.75 Å². The molecule has 1 aliphatic rings. The van der Waals surface area contributed by atoms with E-state index in [9.17, 15) is 4.79 Å². The Morgan fingerprint density at radius 1 is 1.20 bits per heavy atom. The molecule has 0 aliphatic heterocycles. The Bertz CT molecular complexity index is 845. The van der Waals surface area contributed by atoms with Gasteiger partial charge in [-0.15, -0.1) is 0 Å². The molecule has 196 valence electrons. The lowest BCUT2D eigenvalue weighted by Crippen LogP contribution is -2.38. The summed E-state index contributed by atoms with van der Waals surface area (Å²) in [4.78, 5) is 18.2. The van der Waals surface area contributed by atoms with Crippen molar-refractivity contribution in [3.63, 3.8) is 0 Å². The molecule has 0 aromatic heterocycles. The van der Waals surface area contributed by atoms with Crippen LogP contribution in [0.25, 0.3) is 0 Å². The van der Waals surface area contributed by atoms with Crippen molar-refractivity contribution in [3.05, 3.63) is 24.3 Å². The molecule has 1 fully saturated rings. The minimum absolute atomic E-state index is 0.327. The van der Waals surface area contributed by atoms with Crippen LogP contribution in [0.1, 0.15) is 73.1 Å². The molecule has 1 aromatic rings. The molecule has 0 bridgehead atoms. The number of carbonyl (C=O) groups is 1. The number of rotatable bonds is 8. The summed E-state index contributed by atoms with van der Waals surface area (Å²) < 4.78 is 11.2. The maximum Gasteiger partial charge on any atom is 0.410 e. The number of thioether (sulfide) groups is 1. The van der Waals surface area contributed by atoms with Crippen molar-refractivity contribution in [3.8, 4) is 5.75 Å². The van der Waals surface area contributed by atoms with Gasteiger partial charge in [-0.2, -0.15) is 4.99 Å². The van der Waals surface area contributed by atoms with Crippen LogP contribution >= 0.6 is 24.0 Å². The van der Waals surface area contributed by atoms with Crippen LogP contribution in [-0.4, -0.2) is 52.3 Å². The standard InChI is InChI=1S/C26H42N4O3S2/c1-6-30(24(31)33-25(2,3)4)17-18-32-21-13-11-20(12-14-21)28-23(34)29-22(27)35-19-26(5)15-9-7-8-10-16-26/h11-14H,6-10,15-19H2,1-5H3,(H3,27,28,29,34). The maximum absolute atomic E-state index is 12.2. The van der Waals surface area contributed by atoms with Crippen LogP contribution in [0.3, 0.4) is 0 Å². The first-order valence-electron chi connectivity index (χ1n) is 12.5. The zero-order valence-electron chi connectivity index (χ0n) is 21.9. The topological polar surface area (TPSA) is 89.2 Å². The summed E-state index contributed by atoms with van der Waals surface area (Å²) in [7, 11) is 0. The molecule has 1 amide bonds. The molecule has 0 saturated heterocycles. The minimum Gasteiger partial charge on any atom is -0.492 e. The number of hydrogen-bond donors (Lipinski definition) is 2. The lowest BCUT2D eigenvalue weighted by molar-refractivity contribution is 0.0237. The summed E-state index contributed by atoms with van der Waals surface area (Å²) in [5.41, 5.74) is 6.76. The number of ether oxygens (including phenoxy) is 2. The fourth-order valence-electron chi connectivity index (χ4n) is 3.87. The van der Waals surface area contributed by atoms with E-state index in [0.717, 1.165) is 11.4 Å². The average Bonchev–Trinajstić information content (AvgIpc) is 3.00. The zero-order valence-corrected chi connectivity index (χ0v) is 23.5. The number of amides is 1. The molecule has 2 rings (SSSR count). The smallest absolute Gasteiger partial charge is 0.410 e. The second kappa shape index (κ2) is 13.9. The van der Waals surface area contributed by atoms with Gasteiger partial charge in [0.05, 0.1) is 6.54 Å². The first kappa shape index (κ1) is 29.2. The van der Waals surface area contributed by atoms with Crippen molar-refractivity contribution in [2.24, 2.45) is 16.1 Å². The number of amidine groups is 1. The molecule has 7 nitrogen and oxygen atoms in total. The van der Waals surface area contributed by atoms with Gasteiger partial charge in [-0.25, -0.2) is 4.79 Å². The van der Waals surface area contributed by atoms with Crippen LogP contribution in [-0.2, 0) is 4.74 Å². The second-order valence-electron chi connectivity index (χ2n) is 10.3. The molecule has 0 atom stereocenters. The number of thiocarbonyl (C=S) groups is 1. The first-order chi connectivity index (χ1) is 16.5. The Balaban J connectivity index is 1.77. The predicted molar refractivity (Wildman–Crippen MR) is 152 cm³/mol. The molecule has 1 aromatic carbocycles. The van der Waals surface area contributed by atoms with Crippen LogP contribution in [0, 0.1) is 5.41 Å². The van der Waals surface area contributed by atoms with Crippen molar-refractivity contribution >= 4 is 46.0 Å². The molecule has 9 heteroatoms. The summed E-state index contributed by atoms with van der Waals surface area (Å²) in [5, 5.41) is 3.94. The van der Waals surface area contributed by atoms with E-state index in [1.54, 1.807) is 16.7 Å². The number of likely N-dealkylation sites (N-methyl/N-ethyl adjacent to an activating group) is 1. The molecule has 3 N–H and O–H groups in total. The minimum atomic E-state index is -0.519. The number of nitrogens with one attached hydrogen (secondary N) is 1. The van der Waals surface area contributed by atoms with Crippen molar-refractivity contribution in [1.29, 1.82) is 0 Å². The van der Waals surface area contributed by atoms with Gasteiger partial charge in [0.15, 0.2) is 10.3 Å². The van der Waals surface area contributed by atoms with E-state index < -0.39 is 5.60 Å². The van der Waals surface area contributed by atoms with Gasteiger partial charge in [0.2, 0.25) is 0 Å². The van der Waals surface area contributed by atoms with Crippen LogP contribution < -0.4 is 15.8 Å². The van der Waals surface area contributed by atoms with Gasteiger partial charge in [0.25, 0.3) is 0 Å². The number of nitrogens with zero attached hydrogens (tertiary/aromatic N) is 2. The van der Waals surface area contributed by atoms with Crippen molar-refractivity contribution in [2.45, 2.75) is 78.7 Å². The Labute approximate surface area is 220 Å². The molecule has 0 unspecified atom stereocenters. The molecule has 35 heavy (non-hydrogen) atoms. The molecule has 0 radical (unpaired) electrons. The second-order valence-corrected chi connectivity index (χ2v) is 11.7. The summed E-state index contributed by atoms with van der Waals surface area (Å²) in [6.07, 6.45) is 7.44. The molecular weight excluding hydrogens is 480 g/mol. The number of anilines is 1. The Morgan fingerprint density at radius 2 is 1.83 bits per heavy atom. The quantitative estimate of drug-likeness (QED) is 0.176. The van der Waals surface area contributed by atoms with Crippen LogP contribution in [0.15, 0.2) is 29.3 Å². The molecule has 0 spiro atoms. The van der Waals surface area contributed by atoms with Crippen LogP contribution in [0.4, 0.5) is 10.5 Å². The first-order valence-corrected chi connectivity index (χ1v) is 13.9. The lowest BCUT2D eigenvalue weighted by atomic mass is 9.85.